The highest BCUT2D eigenvalue weighted by atomic mass is 16.5. The van der Waals surface area contributed by atoms with Gasteiger partial charge in [-0.3, -0.25) is 9.59 Å². The third kappa shape index (κ3) is 3.87. The molecule has 0 saturated heterocycles. The lowest BCUT2D eigenvalue weighted by molar-refractivity contribution is -0.140. The fourth-order valence-electron chi connectivity index (χ4n) is 0.844. The van der Waals surface area contributed by atoms with Gasteiger partial charge in [0.15, 0.2) is 6.29 Å². The van der Waals surface area contributed by atoms with E-state index in [-0.39, 0.29) is 19.1 Å². The lowest BCUT2D eigenvalue weighted by atomic mass is 10.4. The molecule has 0 bridgehead atoms. The van der Waals surface area contributed by atoms with E-state index in [4.69, 9.17) is 4.74 Å². The van der Waals surface area contributed by atoms with Gasteiger partial charge in [0.05, 0.1) is 5.56 Å². The molecule has 1 N–H and O–H groups in total. The van der Waals surface area contributed by atoms with Crippen LogP contribution >= 0.6 is 0 Å². The van der Waals surface area contributed by atoms with Crippen molar-refractivity contribution in [2.45, 2.75) is 0 Å². The zero-order chi connectivity index (χ0) is 11.8. The van der Waals surface area contributed by atoms with Crippen molar-refractivity contribution in [1.29, 1.82) is 0 Å². The number of rotatable bonds is 6. The summed E-state index contributed by atoms with van der Waals surface area (Å²) in [4.78, 5) is 29.0. The molecular weight excluding hydrogens is 210 g/mol. The summed E-state index contributed by atoms with van der Waals surface area (Å²) in [5.74, 6) is -0.163. The SMILES string of the molecule is C=CCOC(=O)CNc1ncc(C=O)cn1. The van der Waals surface area contributed by atoms with Gasteiger partial charge in [0, 0.05) is 12.4 Å². The van der Waals surface area contributed by atoms with E-state index >= 15 is 0 Å². The van der Waals surface area contributed by atoms with Crippen LogP contribution in [0.1, 0.15) is 10.4 Å². The lowest BCUT2D eigenvalue weighted by Crippen LogP contribution is -2.18. The molecule has 6 nitrogen and oxygen atoms in total. The molecule has 1 heterocycles. The molecule has 0 aliphatic carbocycles. The van der Waals surface area contributed by atoms with E-state index in [1.165, 1.54) is 18.5 Å². The molecule has 1 aromatic heterocycles. The van der Waals surface area contributed by atoms with Crippen molar-refractivity contribution in [2.75, 3.05) is 18.5 Å². The van der Waals surface area contributed by atoms with Gasteiger partial charge in [0.1, 0.15) is 13.2 Å². The van der Waals surface area contributed by atoms with Crippen molar-refractivity contribution in [3.63, 3.8) is 0 Å². The van der Waals surface area contributed by atoms with Crippen molar-refractivity contribution in [2.24, 2.45) is 0 Å². The largest absolute Gasteiger partial charge is 0.460 e. The Morgan fingerprint density at radius 1 is 1.50 bits per heavy atom. The first-order chi connectivity index (χ1) is 7.76. The third-order valence-electron chi connectivity index (χ3n) is 1.56. The van der Waals surface area contributed by atoms with E-state index in [9.17, 15) is 9.59 Å². The van der Waals surface area contributed by atoms with E-state index < -0.39 is 5.97 Å². The van der Waals surface area contributed by atoms with Gasteiger partial charge in [-0.2, -0.15) is 0 Å². The number of carbonyl (C=O) groups excluding carboxylic acids is 2. The minimum absolute atomic E-state index is 0.0335. The van der Waals surface area contributed by atoms with Crippen LogP contribution in [-0.4, -0.2) is 35.4 Å². The summed E-state index contributed by atoms with van der Waals surface area (Å²) in [6.45, 7) is 3.55. The maximum atomic E-state index is 11.1. The molecule has 0 unspecified atom stereocenters. The number of anilines is 1. The van der Waals surface area contributed by atoms with Crippen LogP contribution in [0.25, 0.3) is 0 Å². The molecule has 0 aromatic carbocycles. The quantitative estimate of drug-likeness (QED) is 0.426. The molecular formula is C10H11N3O3. The van der Waals surface area contributed by atoms with Crippen LogP contribution in [0.4, 0.5) is 5.95 Å². The molecule has 0 saturated carbocycles. The summed E-state index contributed by atoms with van der Waals surface area (Å²) < 4.78 is 4.73. The Kier molecular flexibility index (Phi) is 4.65. The van der Waals surface area contributed by atoms with Gasteiger partial charge in [0.2, 0.25) is 5.95 Å². The van der Waals surface area contributed by atoms with Crippen molar-refractivity contribution in [1.82, 2.24) is 9.97 Å². The van der Waals surface area contributed by atoms with Crippen LogP contribution in [0.2, 0.25) is 0 Å². The highest BCUT2D eigenvalue weighted by Crippen LogP contribution is 1.97. The van der Waals surface area contributed by atoms with E-state index in [1.807, 2.05) is 0 Å². The summed E-state index contributed by atoms with van der Waals surface area (Å²) >= 11 is 0. The molecule has 1 aromatic rings. The van der Waals surface area contributed by atoms with E-state index in [0.29, 0.717) is 11.8 Å². The minimum Gasteiger partial charge on any atom is -0.460 e. The van der Waals surface area contributed by atoms with Crippen molar-refractivity contribution in [3.05, 3.63) is 30.6 Å². The number of carbonyl (C=O) groups is 2. The second-order valence-electron chi connectivity index (χ2n) is 2.78. The standard InChI is InChI=1S/C10H11N3O3/c1-2-3-16-9(15)6-13-10-11-4-8(7-14)5-12-10/h2,4-5,7H,1,3,6H2,(H,11,12,13). The first-order valence-electron chi connectivity index (χ1n) is 4.54. The molecule has 0 amide bonds. The monoisotopic (exact) mass is 221 g/mol. The van der Waals surface area contributed by atoms with Crippen LogP contribution in [-0.2, 0) is 9.53 Å². The molecule has 0 aliphatic heterocycles. The average Bonchev–Trinajstić information content (AvgIpc) is 2.34. The zero-order valence-electron chi connectivity index (χ0n) is 8.55. The van der Waals surface area contributed by atoms with Crippen molar-refractivity contribution >= 4 is 18.2 Å². The van der Waals surface area contributed by atoms with Gasteiger partial charge in [-0.05, 0) is 0 Å². The third-order valence-corrected chi connectivity index (χ3v) is 1.56. The smallest absolute Gasteiger partial charge is 0.325 e. The van der Waals surface area contributed by atoms with Crippen LogP contribution in [0.3, 0.4) is 0 Å². The number of nitrogens with zero attached hydrogens (tertiary/aromatic N) is 2. The topological polar surface area (TPSA) is 81.2 Å². The maximum Gasteiger partial charge on any atom is 0.325 e. The van der Waals surface area contributed by atoms with Crippen molar-refractivity contribution in [3.8, 4) is 0 Å². The van der Waals surface area contributed by atoms with E-state index in [2.05, 4.69) is 21.9 Å². The summed E-state index contributed by atoms with van der Waals surface area (Å²) in [5, 5.41) is 2.66. The van der Waals surface area contributed by atoms with Crippen LogP contribution < -0.4 is 5.32 Å². The molecule has 0 radical (unpaired) electrons. The second-order valence-corrected chi connectivity index (χ2v) is 2.78. The summed E-state index contributed by atoms with van der Waals surface area (Å²) in [6.07, 6.45) is 4.84. The van der Waals surface area contributed by atoms with Gasteiger partial charge in [-0.25, -0.2) is 9.97 Å². The number of ether oxygens (including phenoxy) is 1. The molecule has 0 aliphatic rings. The Bertz CT molecular complexity index is 375. The van der Waals surface area contributed by atoms with Crippen molar-refractivity contribution < 1.29 is 14.3 Å². The second kappa shape index (κ2) is 6.28. The number of aromatic nitrogens is 2. The Morgan fingerprint density at radius 2 is 2.19 bits per heavy atom. The Morgan fingerprint density at radius 3 is 2.75 bits per heavy atom. The number of hydrogen-bond acceptors (Lipinski definition) is 6. The van der Waals surface area contributed by atoms with Crippen LogP contribution in [0.5, 0.6) is 0 Å². The van der Waals surface area contributed by atoms with Gasteiger partial charge < -0.3 is 10.1 Å². The predicted molar refractivity (Wildman–Crippen MR) is 57.1 cm³/mol. The predicted octanol–water partition coefficient (Wildman–Crippen LogP) is 0.430. The molecule has 6 heteroatoms. The normalized spacial score (nSPS) is 9.25. The fraction of sp³-hybridized carbons (Fsp3) is 0.200. The Balaban J connectivity index is 2.39. The molecule has 0 spiro atoms. The maximum absolute atomic E-state index is 11.1. The first-order valence-corrected chi connectivity index (χ1v) is 4.54. The molecule has 84 valence electrons. The zero-order valence-corrected chi connectivity index (χ0v) is 8.55. The average molecular weight is 221 g/mol. The highest BCUT2D eigenvalue weighted by Gasteiger charge is 2.02. The Hall–Kier alpha value is -2.24. The van der Waals surface area contributed by atoms with E-state index in [1.54, 1.807) is 0 Å². The minimum atomic E-state index is -0.428. The first kappa shape index (κ1) is 11.8. The van der Waals surface area contributed by atoms with Crippen LogP contribution in [0, 0.1) is 0 Å². The van der Waals surface area contributed by atoms with E-state index in [0.717, 1.165) is 0 Å². The fourth-order valence-corrected chi connectivity index (χ4v) is 0.844. The highest BCUT2D eigenvalue weighted by molar-refractivity contribution is 5.75. The lowest BCUT2D eigenvalue weighted by Gasteiger charge is -2.03. The molecule has 16 heavy (non-hydrogen) atoms. The number of aldehydes is 1. The number of hydrogen-bond donors (Lipinski definition) is 1. The molecule has 0 fully saturated rings. The Labute approximate surface area is 92.4 Å². The van der Waals surface area contributed by atoms with Gasteiger partial charge in [-0.15, -0.1) is 0 Å². The molecule has 0 atom stereocenters. The van der Waals surface area contributed by atoms with Gasteiger partial charge in [-0.1, -0.05) is 12.7 Å². The summed E-state index contributed by atoms with van der Waals surface area (Å²) in [5.41, 5.74) is 0.375. The van der Waals surface area contributed by atoms with Gasteiger partial charge in [0.25, 0.3) is 0 Å². The van der Waals surface area contributed by atoms with Gasteiger partial charge >= 0.3 is 5.97 Å². The number of esters is 1. The summed E-state index contributed by atoms with van der Waals surface area (Å²) in [7, 11) is 0. The van der Waals surface area contributed by atoms with Crippen LogP contribution in [0.15, 0.2) is 25.0 Å². The number of nitrogens with one attached hydrogen (secondary N) is 1. The summed E-state index contributed by atoms with van der Waals surface area (Å²) in [6, 6.07) is 0. The molecule has 1 rings (SSSR count).